The van der Waals surface area contributed by atoms with Gasteiger partial charge in [-0.25, -0.2) is 4.39 Å². The molecule has 0 spiro atoms. The van der Waals surface area contributed by atoms with Gasteiger partial charge in [-0.05, 0) is 63.6 Å². The SMILES string of the molecule is CC(C)(C)N1CC[C@](F)(C(=O)N2CCC(c3ccc(C(F)(F)F)cc3OCCCC#N)CC2)C1. The van der Waals surface area contributed by atoms with Crippen LogP contribution in [0.3, 0.4) is 0 Å². The molecule has 188 valence electrons. The van der Waals surface area contributed by atoms with Crippen molar-refractivity contribution in [2.45, 2.75) is 76.2 Å². The van der Waals surface area contributed by atoms with E-state index < -0.39 is 23.3 Å². The molecule has 0 N–H and O–H groups in total. The predicted octanol–water partition coefficient (Wildman–Crippen LogP) is 5.31. The normalized spacial score (nSPS) is 22.6. The summed E-state index contributed by atoms with van der Waals surface area (Å²) in [6, 6.07) is 5.49. The van der Waals surface area contributed by atoms with E-state index in [2.05, 4.69) is 0 Å². The number of nitriles is 1. The van der Waals surface area contributed by atoms with E-state index in [1.165, 1.54) is 6.07 Å². The maximum Gasteiger partial charge on any atom is 0.416 e. The monoisotopic (exact) mass is 483 g/mol. The fourth-order valence-corrected chi connectivity index (χ4v) is 4.70. The molecule has 0 bridgehead atoms. The van der Waals surface area contributed by atoms with Crippen LogP contribution in [0.1, 0.15) is 69.9 Å². The van der Waals surface area contributed by atoms with Crippen LogP contribution >= 0.6 is 0 Å². The summed E-state index contributed by atoms with van der Waals surface area (Å²) in [5, 5.41) is 8.68. The molecule has 1 atom stereocenters. The molecular weight excluding hydrogens is 450 g/mol. The highest BCUT2D eigenvalue weighted by Crippen LogP contribution is 2.40. The molecule has 34 heavy (non-hydrogen) atoms. The van der Waals surface area contributed by atoms with Crippen molar-refractivity contribution in [3.63, 3.8) is 0 Å². The standard InChI is InChI=1S/C25H33F4N3O2/c1-23(2,3)32-14-10-24(26,17-32)22(33)31-12-8-18(9-13-31)20-7-6-19(25(27,28)29)16-21(20)34-15-5-4-11-30/h6-7,16,18H,4-5,8-10,12-15,17H2,1-3H3/t24-/m1/s1. The quantitative estimate of drug-likeness (QED) is 0.407. The van der Waals surface area contributed by atoms with E-state index in [-0.39, 0.29) is 43.2 Å². The summed E-state index contributed by atoms with van der Waals surface area (Å²) < 4.78 is 60.9. The summed E-state index contributed by atoms with van der Waals surface area (Å²) in [5.41, 5.74) is -2.24. The van der Waals surface area contributed by atoms with Gasteiger partial charge in [0.15, 0.2) is 0 Å². The lowest BCUT2D eigenvalue weighted by Crippen LogP contribution is -2.51. The number of alkyl halides is 4. The average molecular weight is 484 g/mol. The summed E-state index contributed by atoms with van der Waals surface area (Å²) in [7, 11) is 0. The molecule has 0 aliphatic carbocycles. The van der Waals surface area contributed by atoms with Crippen molar-refractivity contribution in [1.29, 1.82) is 5.26 Å². The summed E-state index contributed by atoms with van der Waals surface area (Å²) in [5.74, 6) is -0.420. The molecule has 1 aromatic rings. The Hall–Kier alpha value is -2.34. The first kappa shape index (κ1) is 26.3. The Kier molecular flexibility index (Phi) is 7.81. The Balaban J connectivity index is 1.68. The van der Waals surface area contributed by atoms with E-state index in [1.807, 2.05) is 31.7 Å². The number of benzene rings is 1. The van der Waals surface area contributed by atoms with Gasteiger partial charge >= 0.3 is 6.18 Å². The van der Waals surface area contributed by atoms with Crippen molar-refractivity contribution in [2.24, 2.45) is 0 Å². The van der Waals surface area contributed by atoms with Crippen molar-refractivity contribution in [3.8, 4) is 11.8 Å². The van der Waals surface area contributed by atoms with Crippen LogP contribution in [0.4, 0.5) is 17.6 Å². The van der Waals surface area contributed by atoms with Crippen molar-refractivity contribution in [3.05, 3.63) is 29.3 Å². The second-order valence-corrected chi connectivity index (χ2v) is 10.2. The number of rotatable bonds is 6. The van der Waals surface area contributed by atoms with Crippen molar-refractivity contribution in [2.75, 3.05) is 32.8 Å². The molecule has 2 saturated heterocycles. The van der Waals surface area contributed by atoms with Crippen LogP contribution in [0.25, 0.3) is 0 Å². The van der Waals surface area contributed by atoms with Crippen LogP contribution in [0.2, 0.25) is 0 Å². The zero-order chi connectivity index (χ0) is 25.1. The van der Waals surface area contributed by atoms with E-state index in [4.69, 9.17) is 10.00 Å². The average Bonchev–Trinajstić information content (AvgIpc) is 3.19. The largest absolute Gasteiger partial charge is 0.493 e. The number of likely N-dealkylation sites (tertiary alicyclic amines) is 2. The molecule has 9 heteroatoms. The molecule has 1 aromatic carbocycles. The molecule has 5 nitrogen and oxygen atoms in total. The Morgan fingerprint density at radius 1 is 1.21 bits per heavy atom. The summed E-state index contributed by atoms with van der Waals surface area (Å²) in [6.45, 7) is 7.44. The van der Waals surface area contributed by atoms with Crippen LogP contribution in [0.5, 0.6) is 5.75 Å². The van der Waals surface area contributed by atoms with Gasteiger partial charge in [-0.2, -0.15) is 18.4 Å². The van der Waals surface area contributed by atoms with Crippen molar-refractivity contribution < 1.29 is 27.1 Å². The first-order valence-corrected chi connectivity index (χ1v) is 11.8. The third kappa shape index (κ3) is 6.01. The minimum absolute atomic E-state index is 0.0782. The van der Waals surface area contributed by atoms with E-state index in [1.54, 1.807) is 4.90 Å². The Bertz CT molecular complexity index is 914. The topological polar surface area (TPSA) is 56.6 Å². The highest BCUT2D eigenvalue weighted by molar-refractivity contribution is 5.86. The third-order valence-corrected chi connectivity index (χ3v) is 6.80. The van der Waals surface area contributed by atoms with Gasteiger partial charge in [-0.1, -0.05) is 6.07 Å². The van der Waals surface area contributed by atoms with Gasteiger partial charge in [0.1, 0.15) is 5.75 Å². The fraction of sp³-hybridized carbons (Fsp3) is 0.680. The lowest BCUT2D eigenvalue weighted by Gasteiger charge is -2.37. The maximum atomic E-state index is 15.5. The minimum atomic E-state index is -4.49. The van der Waals surface area contributed by atoms with Gasteiger partial charge in [-0.15, -0.1) is 0 Å². The number of piperidine rings is 1. The van der Waals surface area contributed by atoms with E-state index in [9.17, 15) is 18.0 Å². The summed E-state index contributed by atoms with van der Waals surface area (Å²) in [4.78, 5) is 16.5. The lowest BCUT2D eigenvalue weighted by atomic mass is 9.87. The van der Waals surface area contributed by atoms with Crippen molar-refractivity contribution >= 4 is 5.91 Å². The maximum absolute atomic E-state index is 15.5. The number of halogens is 4. The Morgan fingerprint density at radius 2 is 1.88 bits per heavy atom. The molecule has 3 rings (SSSR count). The Labute approximate surface area is 198 Å². The molecule has 0 saturated carbocycles. The van der Waals surface area contributed by atoms with Crippen LogP contribution < -0.4 is 4.74 Å². The minimum Gasteiger partial charge on any atom is -0.493 e. The molecule has 2 fully saturated rings. The lowest BCUT2D eigenvalue weighted by molar-refractivity contribution is -0.144. The highest BCUT2D eigenvalue weighted by Gasteiger charge is 2.49. The van der Waals surface area contributed by atoms with Gasteiger partial charge in [-0.3, -0.25) is 9.69 Å². The smallest absolute Gasteiger partial charge is 0.416 e. The summed E-state index contributed by atoms with van der Waals surface area (Å²) in [6.07, 6.45) is -2.61. The van der Waals surface area contributed by atoms with E-state index >= 15 is 4.39 Å². The molecule has 0 unspecified atom stereocenters. The first-order chi connectivity index (χ1) is 15.8. The first-order valence-electron chi connectivity index (χ1n) is 11.8. The number of unbranched alkanes of at least 4 members (excludes halogenated alkanes) is 1. The molecular formula is C25H33F4N3O2. The number of carbonyl (C=O) groups is 1. The molecule has 1 amide bonds. The number of hydrogen-bond acceptors (Lipinski definition) is 4. The van der Waals surface area contributed by atoms with E-state index in [0.29, 0.717) is 44.5 Å². The number of nitrogens with zero attached hydrogens (tertiary/aromatic N) is 3. The van der Waals surface area contributed by atoms with Crippen LogP contribution in [0, 0.1) is 11.3 Å². The van der Waals surface area contributed by atoms with Gasteiger partial charge < -0.3 is 9.64 Å². The van der Waals surface area contributed by atoms with Gasteiger partial charge in [0.2, 0.25) is 5.67 Å². The van der Waals surface area contributed by atoms with Gasteiger partial charge in [0, 0.05) is 44.6 Å². The molecule has 2 heterocycles. The molecule has 2 aliphatic rings. The molecule has 2 aliphatic heterocycles. The fourth-order valence-electron chi connectivity index (χ4n) is 4.70. The second-order valence-electron chi connectivity index (χ2n) is 10.2. The van der Waals surface area contributed by atoms with Crippen LogP contribution in [-0.2, 0) is 11.0 Å². The van der Waals surface area contributed by atoms with Gasteiger partial charge in [0.25, 0.3) is 5.91 Å². The highest BCUT2D eigenvalue weighted by atomic mass is 19.4. The second kappa shape index (κ2) is 10.1. The molecule has 0 aromatic heterocycles. The molecule has 0 radical (unpaired) electrons. The number of amides is 1. The number of ether oxygens (including phenoxy) is 1. The van der Waals surface area contributed by atoms with E-state index in [0.717, 1.165) is 12.1 Å². The predicted molar refractivity (Wildman–Crippen MR) is 120 cm³/mol. The van der Waals surface area contributed by atoms with Crippen LogP contribution in [0.15, 0.2) is 18.2 Å². The Morgan fingerprint density at radius 3 is 2.44 bits per heavy atom. The van der Waals surface area contributed by atoms with Gasteiger partial charge in [0.05, 0.1) is 18.2 Å². The number of hydrogen-bond donors (Lipinski definition) is 0. The van der Waals surface area contributed by atoms with Crippen molar-refractivity contribution in [1.82, 2.24) is 9.80 Å². The summed E-state index contributed by atoms with van der Waals surface area (Å²) >= 11 is 0. The number of carbonyl (C=O) groups excluding carboxylic acids is 1. The third-order valence-electron chi connectivity index (χ3n) is 6.80. The zero-order valence-corrected chi connectivity index (χ0v) is 20.1. The zero-order valence-electron chi connectivity index (χ0n) is 20.1. The van der Waals surface area contributed by atoms with Crippen LogP contribution in [-0.4, -0.2) is 59.7 Å².